The second kappa shape index (κ2) is 11.6. The SMILES string of the molecule is CC(C)(C)OC(=O)CN1C(=O)C(Cc2nn(C(=O)OC(C)(C)C)c3ccccc23)c2nnc(-c3ccccc3)n2-c2ccccc21. The summed E-state index contributed by atoms with van der Waals surface area (Å²) in [4.78, 5) is 42.6. The van der Waals surface area contributed by atoms with Crippen LogP contribution in [0.2, 0.25) is 0 Å². The number of ether oxygens (including phenoxy) is 2. The van der Waals surface area contributed by atoms with Gasteiger partial charge in [-0.25, -0.2) is 4.79 Å². The lowest BCUT2D eigenvalue weighted by Gasteiger charge is -2.26. The molecule has 0 N–H and O–H groups in total. The van der Waals surface area contributed by atoms with E-state index in [1.165, 1.54) is 9.58 Å². The maximum atomic E-state index is 14.7. The molecule has 0 fully saturated rings. The minimum Gasteiger partial charge on any atom is -0.459 e. The number of rotatable bonds is 5. The van der Waals surface area contributed by atoms with E-state index >= 15 is 0 Å². The number of aromatic nitrogens is 5. The molecule has 1 atom stereocenters. The maximum absolute atomic E-state index is 14.7. The number of para-hydroxylation sites is 3. The predicted molar refractivity (Wildman–Crippen MR) is 173 cm³/mol. The van der Waals surface area contributed by atoms with Gasteiger partial charge in [0.15, 0.2) is 11.6 Å². The van der Waals surface area contributed by atoms with Crippen LogP contribution in [0.25, 0.3) is 28.0 Å². The molecule has 11 heteroatoms. The molecule has 1 aliphatic heterocycles. The van der Waals surface area contributed by atoms with E-state index in [1.807, 2.05) is 71.3 Å². The molecule has 3 aromatic carbocycles. The van der Waals surface area contributed by atoms with Crippen molar-refractivity contribution in [2.24, 2.45) is 0 Å². The second-order valence-corrected chi connectivity index (χ2v) is 13.2. The van der Waals surface area contributed by atoms with E-state index in [2.05, 4.69) is 15.3 Å². The number of benzene rings is 3. The first-order valence-corrected chi connectivity index (χ1v) is 15.1. The van der Waals surface area contributed by atoms with Crippen molar-refractivity contribution in [3.8, 4) is 17.1 Å². The van der Waals surface area contributed by atoms with Gasteiger partial charge in [-0.1, -0.05) is 60.7 Å². The summed E-state index contributed by atoms with van der Waals surface area (Å²) in [6, 6.07) is 24.2. The fourth-order valence-corrected chi connectivity index (χ4v) is 5.60. The van der Waals surface area contributed by atoms with Crippen molar-refractivity contribution in [3.05, 3.63) is 90.4 Å². The Labute approximate surface area is 266 Å². The summed E-state index contributed by atoms with van der Waals surface area (Å²) in [6.07, 6.45) is -0.559. The average Bonchev–Trinajstić information content (AvgIpc) is 3.57. The number of hydrogen-bond donors (Lipinski definition) is 0. The molecule has 11 nitrogen and oxygen atoms in total. The third kappa shape index (κ3) is 6.00. The van der Waals surface area contributed by atoms with Crippen LogP contribution in [-0.2, 0) is 25.5 Å². The van der Waals surface area contributed by atoms with Gasteiger partial charge in [0.25, 0.3) is 0 Å². The molecule has 0 bridgehead atoms. The zero-order chi connectivity index (χ0) is 32.8. The maximum Gasteiger partial charge on any atom is 0.435 e. The van der Waals surface area contributed by atoms with Gasteiger partial charge in [0, 0.05) is 17.4 Å². The van der Waals surface area contributed by atoms with Crippen molar-refractivity contribution in [2.75, 3.05) is 11.4 Å². The topological polar surface area (TPSA) is 121 Å². The molecule has 1 aliphatic rings. The van der Waals surface area contributed by atoms with Gasteiger partial charge in [0.05, 0.1) is 22.6 Å². The number of carbonyl (C=O) groups excluding carboxylic acids is 3. The molecule has 0 aliphatic carbocycles. The lowest BCUT2D eigenvalue weighted by atomic mass is 9.98. The van der Waals surface area contributed by atoms with Crippen molar-refractivity contribution < 1.29 is 23.9 Å². The Morgan fingerprint density at radius 1 is 0.783 bits per heavy atom. The molecule has 0 spiro atoms. The molecule has 0 saturated heterocycles. The van der Waals surface area contributed by atoms with E-state index in [1.54, 1.807) is 53.7 Å². The lowest BCUT2D eigenvalue weighted by Crippen LogP contribution is -2.41. The van der Waals surface area contributed by atoms with Crippen LogP contribution in [0.1, 0.15) is 59.0 Å². The van der Waals surface area contributed by atoms with Gasteiger partial charge in [-0.05, 0) is 59.7 Å². The summed E-state index contributed by atoms with van der Waals surface area (Å²) in [7, 11) is 0. The fourth-order valence-electron chi connectivity index (χ4n) is 5.60. The van der Waals surface area contributed by atoms with Gasteiger partial charge in [-0.3, -0.25) is 19.1 Å². The van der Waals surface area contributed by atoms with E-state index < -0.39 is 29.2 Å². The van der Waals surface area contributed by atoms with Gasteiger partial charge < -0.3 is 9.47 Å². The highest BCUT2D eigenvalue weighted by Crippen LogP contribution is 2.39. The molecule has 236 valence electrons. The Hall–Kier alpha value is -5.32. The number of amides is 1. The summed E-state index contributed by atoms with van der Waals surface area (Å²) >= 11 is 0. The number of hydrogen-bond acceptors (Lipinski definition) is 8. The first kappa shape index (κ1) is 30.7. The predicted octanol–water partition coefficient (Wildman–Crippen LogP) is 6.08. The smallest absolute Gasteiger partial charge is 0.435 e. The van der Waals surface area contributed by atoms with Crippen LogP contribution in [0.5, 0.6) is 0 Å². The summed E-state index contributed by atoms with van der Waals surface area (Å²) in [6.45, 7) is 10.4. The van der Waals surface area contributed by atoms with E-state index in [0.29, 0.717) is 39.6 Å². The monoisotopic (exact) mass is 620 g/mol. The van der Waals surface area contributed by atoms with Gasteiger partial charge in [0.1, 0.15) is 23.7 Å². The van der Waals surface area contributed by atoms with Crippen molar-refractivity contribution in [2.45, 2.75) is 65.1 Å². The van der Waals surface area contributed by atoms with Gasteiger partial charge in [-0.2, -0.15) is 9.78 Å². The molecule has 0 radical (unpaired) electrons. The zero-order valence-electron chi connectivity index (χ0n) is 26.7. The van der Waals surface area contributed by atoms with Crippen molar-refractivity contribution in [1.82, 2.24) is 24.5 Å². The largest absolute Gasteiger partial charge is 0.459 e. The first-order chi connectivity index (χ1) is 21.8. The summed E-state index contributed by atoms with van der Waals surface area (Å²) in [5, 5.41) is 14.5. The highest BCUT2D eigenvalue weighted by Gasteiger charge is 2.40. The zero-order valence-corrected chi connectivity index (χ0v) is 26.7. The molecule has 3 heterocycles. The summed E-state index contributed by atoms with van der Waals surface area (Å²) in [5.41, 5.74) is 1.54. The normalized spacial score (nSPS) is 14.9. The number of carbonyl (C=O) groups is 3. The van der Waals surface area contributed by atoms with Gasteiger partial charge in [0.2, 0.25) is 5.91 Å². The number of fused-ring (bicyclic) bond motifs is 4. The van der Waals surface area contributed by atoms with Crippen LogP contribution in [0.3, 0.4) is 0 Å². The summed E-state index contributed by atoms with van der Waals surface area (Å²) in [5.74, 6) is -0.914. The average molecular weight is 621 g/mol. The van der Waals surface area contributed by atoms with Crippen LogP contribution in [0.15, 0.2) is 78.9 Å². The van der Waals surface area contributed by atoms with Gasteiger partial charge >= 0.3 is 12.1 Å². The minimum absolute atomic E-state index is 0.0703. The van der Waals surface area contributed by atoms with E-state index in [4.69, 9.17) is 9.47 Å². The number of nitrogens with zero attached hydrogens (tertiary/aromatic N) is 6. The minimum atomic E-state index is -0.926. The Bertz CT molecular complexity index is 1950. The van der Waals surface area contributed by atoms with Crippen LogP contribution in [0, 0.1) is 0 Å². The molecule has 2 aromatic heterocycles. The molecular formula is C35H36N6O5. The van der Waals surface area contributed by atoms with Crippen molar-refractivity contribution in [1.29, 1.82) is 0 Å². The molecule has 6 rings (SSSR count). The number of esters is 1. The van der Waals surface area contributed by atoms with Crippen molar-refractivity contribution >= 4 is 34.6 Å². The third-order valence-electron chi connectivity index (χ3n) is 7.34. The summed E-state index contributed by atoms with van der Waals surface area (Å²) < 4.78 is 14.4. The Balaban J connectivity index is 1.52. The van der Waals surface area contributed by atoms with Crippen LogP contribution < -0.4 is 4.90 Å². The molecule has 1 unspecified atom stereocenters. The Morgan fingerprint density at radius 2 is 1.41 bits per heavy atom. The molecular weight excluding hydrogens is 584 g/mol. The van der Waals surface area contributed by atoms with E-state index in [-0.39, 0.29) is 18.9 Å². The standard InChI is InChI=1S/C35H36N6O5/c1-34(2,3)45-29(42)21-39-27-18-12-13-19-28(27)40-30(22-14-8-7-9-15-22)36-37-31(40)24(32(39)43)20-25-23-16-10-11-17-26(23)41(38-25)33(44)46-35(4,5)6/h7-19,24H,20-21H2,1-6H3. The molecule has 0 saturated carbocycles. The van der Waals surface area contributed by atoms with Crippen molar-refractivity contribution in [3.63, 3.8) is 0 Å². The third-order valence-corrected chi connectivity index (χ3v) is 7.34. The quantitative estimate of drug-likeness (QED) is 0.217. The second-order valence-electron chi connectivity index (χ2n) is 13.2. The fraction of sp³-hybridized carbons (Fsp3) is 0.314. The Morgan fingerprint density at radius 3 is 2.11 bits per heavy atom. The lowest BCUT2D eigenvalue weighted by molar-refractivity contribution is -0.153. The molecule has 1 amide bonds. The first-order valence-electron chi connectivity index (χ1n) is 15.1. The van der Waals surface area contributed by atoms with Crippen LogP contribution in [0.4, 0.5) is 10.5 Å². The van der Waals surface area contributed by atoms with E-state index in [9.17, 15) is 14.4 Å². The van der Waals surface area contributed by atoms with E-state index in [0.717, 1.165) is 5.56 Å². The molecule has 46 heavy (non-hydrogen) atoms. The Kier molecular flexibility index (Phi) is 7.71. The van der Waals surface area contributed by atoms with Crippen LogP contribution >= 0.6 is 0 Å². The highest BCUT2D eigenvalue weighted by atomic mass is 16.6. The highest BCUT2D eigenvalue weighted by molar-refractivity contribution is 6.04. The molecule has 5 aromatic rings. The van der Waals surface area contributed by atoms with Crippen LogP contribution in [-0.4, -0.2) is 60.3 Å². The van der Waals surface area contributed by atoms with Gasteiger partial charge in [-0.15, -0.1) is 10.2 Å². The number of anilines is 1.